The second-order valence-electron chi connectivity index (χ2n) is 9.34. The molecule has 0 fully saturated rings. The van der Waals surface area contributed by atoms with E-state index in [2.05, 4.69) is 41.5 Å². The number of hydrogen-bond acceptors (Lipinski definition) is 4. The maximum absolute atomic E-state index is 13.2. The first-order valence-corrected chi connectivity index (χ1v) is 12.2. The van der Waals surface area contributed by atoms with Gasteiger partial charge in [0.25, 0.3) is 0 Å². The Morgan fingerprint density at radius 2 is 1.19 bits per heavy atom. The van der Waals surface area contributed by atoms with E-state index in [0.29, 0.717) is 11.1 Å². The molecule has 0 aromatic heterocycles. The highest BCUT2D eigenvalue weighted by Gasteiger charge is 2.27. The van der Waals surface area contributed by atoms with Crippen molar-refractivity contribution >= 4 is 11.9 Å². The molecule has 2 unspecified atom stereocenters. The number of benzene rings is 1. The minimum Gasteiger partial charge on any atom is -0.458 e. The zero-order valence-corrected chi connectivity index (χ0v) is 21.0. The van der Waals surface area contributed by atoms with Gasteiger partial charge in [0.2, 0.25) is 0 Å². The minimum absolute atomic E-state index is 0.157. The lowest BCUT2D eigenvalue weighted by molar-refractivity contribution is 0.0107. The lowest BCUT2D eigenvalue weighted by atomic mass is 9.96. The van der Waals surface area contributed by atoms with Crippen molar-refractivity contribution in [2.24, 2.45) is 11.8 Å². The number of unbranched alkanes of at least 4 members (excludes halogenated alkanes) is 2. The van der Waals surface area contributed by atoms with Crippen molar-refractivity contribution < 1.29 is 19.1 Å². The van der Waals surface area contributed by atoms with Crippen LogP contribution < -0.4 is 0 Å². The largest absolute Gasteiger partial charge is 0.458 e. The molecule has 1 aromatic rings. The van der Waals surface area contributed by atoms with Gasteiger partial charge in [-0.2, -0.15) is 0 Å². The summed E-state index contributed by atoms with van der Waals surface area (Å²) in [5.74, 6) is -0.407. The Hall–Kier alpha value is -1.84. The molecule has 0 saturated carbocycles. The van der Waals surface area contributed by atoms with Crippen LogP contribution in [0.15, 0.2) is 12.1 Å². The van der Waals surface area contributed by atoms with Gasteiger partial charge >= 0.3 is 11.9 Å². The smallest absolute Gasteiger partial charge is 0.339 e. The molecular formula is C27H44O4. The first-order chi connectivity index (χ1) is 14.7. The van der Waals surface area contributed by atoms with E-state index in [-0.39, 0.29) is 24.0 Å². The number of aryl methyl sites for hydroxylation is 2. The van der Waals surface area contributed by atoms with Crippen molar-refractivity contribution in [3.05, 3.63) is 34.4 Å². The van der Waals surface area contributed by atoms with Crippen LogP contribution in [0.3, 0.4) is 0 Å². The van der Waals surface area contributed by atoms with Crippen molar-refractivity contribution in [2.75, 3.05) is 0 Å². The van der Waals surface area contributed by atoms with Crippen LogP contribution in [0.25, 0.3) is 0 Å². The normalized spacial score (nSPS) is 13.4. The van der Waals surface area contributed by atoms with Crippen LogP contribution in [0.4, 0.5) is 0 Å². The standard InChI is InChI=1S/C27H44O4/c1-9-12-14-24(18(4)5)30-26(28)22-16-20(8)21(11-3)17-23(22)27(29)31-25(19(6)7)15-13-10-2/h16-19,24-25H,9-15H2,1-8H3. The monoisotopic (exact) mass is 432 g/mol. The fraction of sp³-hybridized carbons (Fsp3) is 0.704. The Balaban J connectivity index is 3.24. The van der Waals surface area contributed by atoms with Gasteiger partial charge in [-0.25, -0.2) is 9.59 Å². The summed E-state index contributed by atoms with van der Waals surface area (Å²) < 4.78 is 11.8. The van der Waals surface area contributed by atoms with E-state index in [1.165, 1.54) is 0 Å². The maximum Gasteiger partial charge on any atom is 0.339 e. The minimum atomic E-state index is -0.429. The van der Waals surface area contributed by atoms with Crippen LogP contribution in [0.1, 0.15) is 119 Å². The van der Waals surface area contributed by atoms with Gasteiger partial charge in [-0.05, 0) is 61.3 Å². The van der Waals surface area contributed by atoms with Gasteiger partial charge in [0.05, 0.1) is 11.1 Å². The van der Waals surface area contributed by atoms with Gasteiger partial charge in [0.15, 0.2) is 0 Å². The molecule has 0 N–H and O–H groups in total. The average molecular weight is 433 g/mol. The van der Waals surface area contributed by atoms with E-state index >= 15 is 0 Å². The Labute approximate surface area is 190 Å². The van der Waals surface area contributed by atoms with Crippen molar-refractivity contribution in [3.63, 3.8) is 0 Å². The number of carbonyl (C=O) groups excluding carboxylic acids is 2. The van der Waals surface area contributed by atoms with Crippen molar-refractivity contribution in [2.45, 2.75) is 113 Å². The Bertz CT molecular complexity index is 705. The molecule has 1 rings (SSSR count). The molecule has 0 aliphatic rings. The van der Waals surface area contributed by atoms with E-state index < -0.39 is 11.9 Å². The lowest BCUT2D eigenvalue weighted by Crippen LogP contribution is -2.27. The summed E-state index contributed by atoms with van der Waals surface area (Å²) in [5, 5.41) is 0. The Morgan fingerprint density at radius 3 is 1.55 bits per heavy atom. The quantitative estimate of drug-likeness (QED) is 0.307. The molecule has 0 aliphatic carbocycles. The molecule has 0 spiro atoms. The van der Waals surface area contributed by atoms with Gasteiger partial charge in [-0.1, -0.05) is 74.1 Å². The molecule has 0 saturated heterocycles. The summed E-state index contributed by atoms with van der Waals surface area (Å²) in [4.78, 5) is 26.4. The summed E-state index contributed by atoms with van der Waals surface area (Å²) in [5.41, 5.74) is 2.68. The Morgan fingerprint density at radius 1 is 0.774 bits per heavy atom. The Kier molecular flexibility index (Phi) is 11.9. The van der Waals surface area contributed by atoms with E-state index in [1.54, 1.807) is 6.07 Å². The maximum atomic E-state index is 13.2. The molecule has 0 radical (unpaired) electrons. The third-order valence-electron chi connectivity index (χ3n) is 5.99. The van der Waals surface area contributed by atoms with E-state index in [4.69, 9.17) is 9.47 Å². The van der Waals surface area contributed by atoms with E-state index in [1.807, 2.05) is 19.9 Å². The molecule has 0 aliphatic heterocycles. The van der Waals surface area contributed by atoms with Gasteiger partial charge < -0.3 is 9.47 Å². The fourth-order valence-corrected chi connectivity index (χ4v) is 3.74. The molecule has 0 heterocycles. The molecule has 0 amide bonds. The highest BCUT2D eigenvalue weighted by atomic mass is 16.6. The first-order valence-electron chi connectivity index (χ1n) is 12.2. The van der Waals surface area contributed by atoms with Gasteiger partial charge in [0, 0.05) is 0 Å². The second-order valence-corrected chi connectivity index (χ2v) is 9.34. The molecule has 1 aromatic carbocycles. The van der Waals surface area contributed by atoms with Gasteiger partial charge in [-0.3, -0.25) is 0 Å². The average Bonchev–Trinajstić information content (AvgIpc) is 2.72. The summed E-state index contributed by atoms with van der Waals surface area (Å²) >= 11 is 0. The van der Waals surface area contributed by atoms with Crippen LogP contribution in [0, 0.1) is 18.8 Å². The number of esters is 2. The summed E-state index contributed by atoms with van der Waals surface area (Å²) in [7, 11) is 0. The first kappa shape index (κ1) is 27.2. The van der Waals surface area contributed by atoms with Crippen LogP contribution in [0.5, 0.6) is 0 Å². The molecule has 0 bridgehead atoms. The molecule has 4 nitrogen and oxygen atoms in total. The van der Waals surface area contributed by atoms with Crippen molar-refractivity contribution in [3.8, 4) is 0 Å². The van der Waals surface area contributed by atoms with Crippen LogP contribution in [-0.2, 0) is 15.9 Å². The molecule has 4 heteroatoms. The molecule has 31 heavy (non-hydrogen) atoms. The highest BCUT2D eigenvalue weighted by Crippen LogP contribution is 2.24. The predicted molar refractivity (Wildman–Crippen MR) is 128 cm³/mol. The van der Waals surface area contributed by atoms with Crippen LogP contribution in [0.2, 0.25) is 0 Å². The third kappa shape index (κ3) is 8.31. The van der Waals surface area contributed by atoms with Crippen molar-refractivity contribution in [1.29, 1.82) is 0 Å². The third-order valence-corrected chi connectivity index (χ3v) is 5.99. The summed E-state index contributed by atoms with van der Waals surface area (Å²) in [6.45, 7) is 16.5. The van der Waals surface area contributed by atoms with Gasteiger partial charge in [0.1, 0.15) is 12.2 Å². The predicted octanol–water partition coefficient (Wildman–Crippen LogP) is 7.30. The van der Waals surface area contributed by atoms with E-state index in [0.717, 1.165) is 56.1 Å². The van der Waals surface area contributed by atoms with Crippen molar-refractivity contribution in [1.82, 2.24) is 0 Å². The van der Waals surface area contributed by atoms with E-state index in [9.17, 15) is 9.59 Å². The fourth-order valence-electron chi connectivity index (χ4n) is 3.74. The molecule has 176 valence electrons. The number of ether oxygens (including phenoxy) is 2. The summed E-state index contributed by atoms with van der Waals surface area (Å²) in [6.07, 6.45) is 6.26. The zero-order chi connectivity index (χ0) is 23.6. The molecular weight excluding hydrogens is 388 g/mol. The number of carbonyl (C=O) groups is 2. The SMILES string of the molecule is CCCCC(OC(=O)c1cc(C)c(CC)cc1C(=O)OC(CCCC)C(C)C)C(C)C. The van der Waals surface area contributed by atoms with Crippen LogP contribution >= 0.6 is 0 Å². The lowest BCUT2D eigenvalue weighted by Gasteiger charge is -2.24. The zero-order valence-electron chi connectivity index (χ0n) is 21.0. The molecule has 2 atom stereocenters. The van der Waals surface area contributed by atoms with Gasteiger partial charge in [-0.15, -0.1) is 0 Å². The highest BCUT2D eigenvalue weighted by molar-refractivity contribution is 6.03. The second kappa shape index (κ2) is 13.5. The number of hydrogen-bond donors (Lipinski definition) is 0. The summed E-state index contributed by atoms with van der Waals surface area (Å²) in [6, 6.07) is 3.62. The topological polar surface area (TPSA) is 52.6 Å². The van der Waals surface area contributed by atoms with Crippen LogP contribution in [-0.4, -0.2) is 24.1 Å². The number of rotatable bonds is 13.